The number of aromatic nitrogens is 1. The van der Waals surface area contributed by atoms with E-state index in [4.69, 9.17) is 27.3 Å². The summed E-state index contributed by atoms with van der Waals surface area (Å²) >= 11 is 6.58. The van der Waals surface area contributed by atoms with Crippen molar-refractivity contribution < 1.29 is 22.0 Å². The fourth-order valence-corrected chi connectivity index (χ4v) is 5.55. The van der Waals surface area contributed by atoms with Gasteiger partial charge in [0, 0.05) is 51.9 Å². The first kappa shape index (κ1) is 33.7. The van der Waals surface area contributed by atoms with Crippen molar-refractivity contribution in [1.29, 1.82) is 0 Å². The molecule has 0 aliphatic rings. The highest BCUT2D eigenvalue weighted by Crippen LogP contribution is 2.46. The van der Waals surface area contributed by atoms with Crippen LogP contribution < -0.4 is 20.4 Å². The van der Waals surface area contributed by atoms with Crippen molar-refractivity contribution in [1.82, 2.24) is 10.3 Å². The Bertz CT molecular complexity index is 1750. The van der Waals surface area contributed by atoms with Crippen molar-refractivity contribution in [2.24, 2.45) is 0 Å². The molecule has 0 saturated carbocycles. The van der Waals surface area contributed by atoms with Crippen LogP contribution in [0.25, 0.3) is 10.8 Å². The smallest absolute Gasteiger partial charge is 0.255 e. The van der Waals surface area contributed by atoms with Gasteiger partial charge in [0.1, 0.15) is 23.3 Å². The maximum atomic E-state index is 14.7. The van der Waals surface area contributed by atoms with Crippen LogP contribution in [0.3, 0.4) is 0 Å². The van der Waals surface area contributed by atoms with Crippen LogP contribution in [0.5, 0.6) is 0 Å². The molecule has 13 heteroatoms. The Hall–Kier alpha value is -4.18. The number of rotatable bonds is 12. The van der Waals surface area contributed by atoms with Crippen LogP contribution in [0.1, 0.15) is 29.7 Å². The Morgan fingerprint density at radius 1 is 1.04 bits per heavy atom. The largest absolute Gasteiger partial charge is 0.380 e. The number of alkyl halides is 2. The van der Waals surface area contributed by atoms with Gasteiger partial charge in [0.15, 0.2) is 0 Å². The quantitative estimate of drug-likeness (QED) is 0.123. The third-order valence-electron chi connectivity index (χ3n) is 7.23. The molecule has 5 nitrogen and oxygen atoms in total. The number of nitrogens with zero attached hydrogens (tertiary/aromatic N) is 3. The summed E-state index contributed by atoms with van der Waals surface area (Å²) in [5, 5.41) is 5.11. The normalized spacial score (nSPS) is 12.2. The fraction of sp³-hybridized carbons (Fsp3) is 0.219. The van der Waals surface area contributed by atoms with E-state index >= 15 is 0 Å². The van der Waals surface area contributed by atoms with Gasteiger partial charge >= 0.3 is 0 Å². The zero-order valence-electron chi connectivity index (χ0n) is 24.8. The van der Waals surface area contributed by atoms with Gasteiger partial charge in [-0.3, -0.25) is 0 Å². The number of hydrogen-bond donors (Lipinski definition) is 2. The van der Waals surface area contributed by atoms with E-state index in [1.54, 1.807) is 13.0 Å². The zero-order valence-corrected chi connectivity index (χ0v) is 25.6. The number of benzene rings is 3. The molecule has 3 aromatic carbocycles. The third-order valence-corrected chi connectivity index (χ3v) is 7.57. The molecule has 1 atom stereocenters. The average molecular weight is 636 g/mol. The topological polar surface area (TPSA) is 43.4 Å². The van der Waals surface area contributed by atoms with Crippen molar-refractivity contribution in [2.45, 2.75) is 31.7 Å². The standard InChI is InChI=1S/C32H29B2ClF5N5/c1-6-41-29(22-12-18(36)8-9-23(22)35)28-17(3)30(45(7-2)32(4,33)34)26(44(5)16-27(39)40)15-25(28)43-31-21-13-19(37)14-24(38)20(21)10-11-42-31/h6-15,27,29,41H,1-2,16H2,3-5H3,(H,42,43). The minimum absolute atomic E-state index is 0.0625. The van der Waals surface area contributed by atoms with Crippen LogP contribution in [0.4, 0.5) is 44.8 Å². The van der Waals surface area contributed by atoms with Crippen LogP contribution in [-0.2, 0) is 0 Å². The van der Waals surface area contributed by atoms with E-state index in [1.807, 2.05) is 0 Å². The molecule has 4 radical (unpaired) electrons. The summed E-state index contributed by atoms with van der Waals surface area (Å²) in [6, 6.07) is 7.75. The zero-order chi connectivity index (χ0) is 33.2. The molecular weight excluding hydrogens is 606 g/mol. The van der Waals surface area contributed by atoms with Crippen molar-refractivity contribution in [3.05, 3.63) is 113 Å². The monoisotopic (exact) mass is 635 g/mol. The maximum Gasteiger partial charge on any atom is 0.255 e. The van der Waals surface area contributed by atoms with Gasteiger partial charge in [-0.05, 0) is 66.6 Å². The molecule has 230 valence electrons. The highest BCUT2D eigenvalue weighted by molar-refractivity contribution is 6.41. The number of fused-ring (bicyclic) bond motifs is 1. The second-order valence-corrected chi connectivity index (χ2v) is 11.0. The third kappa shape index (κ3) is 7.06. The summed E-state index contributed by atoms with van der Waals surface area (Å²) in [6.45, 7) is 10.1. The van der Waals surface area contributed by atoms with E-state index in [2.05, 4.69) is 28.8 Å². The summed E-state index contributed by atoms with van der Waals surface area (Å²) in [4.78, 5) is 7.06. The highest BCUT2D eigenvalue weighted by atomic mass is 35.5. The van der Waals surface area contributed by atoms with Gasteiger partial charge in [-0.25, -0.2) is 26.9 Å². The first-order valence-corrected chi connectivity index (χ1v) is 14.0. The van der Waals surface area contributed by atoms with Crippen LogP contribution in [0.15, 0.2) is 74.2 Å². The van der Waals surface area contributed by atoms with E-state index in [0.29, 0.717) is 22.4 Å². The minimum Gasteiger partial charge on any atom is -0.380 e. The maximum absolute atomic E-state index is 14.7. The summed E-state index contributed by atoms with van der Waals surface area (Å²) < 4.78 is 71.2. The molecule has 4 rings (SSSR count). The summed E-state index contributed by atoms with van der Waals surface area (Å²) in [5.74, 6) is -2.14. The van der Waals surface area contributed by atoms with Crippen LogP contribution in [0, 0.1) is 24.4 Å². The molecule has 0 amide bonds. The number of halogens is 6. The Kier molecular flexibility index (Phi) is 10.1. The van der Waals surface area contributed by atoms with Gasteiger partial charge in [-0.1, -0.05) is 31.7 Å². The van der Waals surface area contributed by atoms with Crippen molar-refractivity contribution in [3.8, 4) is 0 Å². The number of hydrogen-bond acceptors (Lipinski definition) is 5. The molecule has 0 aliphatic heterocycles. The number of anilines is 4. The summed E-state index contributed by atoms with van der Waals surface area (Å²) in [5.41, 5.74) is 1.98. The van der Waals surface area contributed by atoms with Crippen molar-refractivity contribution >= 4 is 60.9 Å². The van der Waals surface area contributed by atoms with Gasteiger partial charge in [0.05, 0.1) is 39.7 Å². The molecule has 1 aromatic heterocycles. The first-order chi connectivity index (χ1) is 21.2. The molecule has 0 fully saturated rings. The lowest BCUT2D eigenvalue weighted by atomic mass is 9.62. The van der Waals surface area contributed by atoms with Crippen LogP contribution >= 0.6 is 11.6 Å². The van der Waals surface area contributed by atoms with E-state index in [9.17, 15) is 22.0 Å². The van der Waals surface area contributed by atoms with Crippen molar-refractivity contribution in [3.63, 3.8) is 0 Å². The molecule has 1 heterocycles. The minimum atomic E-state index is -2.72. The van der Waals surface area contributed by atoms with Crippen molar-refractivity contribution in [2.75, 3.05) is 28.7 Å². The first-order valence-electron chi connectivity index (χ1n) is 13.7. The molecule has 0 bridgehead atoms. The van der Waals surface area contributed by atoms with Crippen LogP contribution in [0.2, 0.25) is 5.02 Å². The van der Waals surface area contributed by atoms with Gasteiger partial charge in [-0.2, -0.15) is 0 Å². The lowest BCUT2D eigenvalue weighted by molar-refractivity contribution is 0.156. The van der Waals surface area contributed by atoms with Gasteiger partial charge in [-0.15, -0.1) is 0 Å². The average Bonchev–Trinajstić information content (AvgIpc) is 2.94. The van der Waals surface area contributed by atoms with Gasteiger partial charge in [0.2, 0.25) is 0 Å². The van der Waals surface area contributed by atoms with E-state index in [0.717, 1.165) is 12.1 Å². The van der Waals surface area contributed by atoms with Gasteiger partial charge < -0.3 is 20.4 Å². The fourth-order valence-electron chi connectivity index (χ4n) is 5.32. The van der Waals surface area contributed by atoms with Crippen LogP contribution in [-0.4, -0.2) is 46.0 Å². The second-order valence-electron chi connectivity index (χ2n) is 10.6. The second kappa shape index (κ2) is 13.4. The molecule has 1 unspecified atom stereocenters. The predicted octanol–water partition coefficient (Wildman–Crippen LogP) is 7.84. The molecule has 0 saturated heterocycles. The summed E-state index contributed by atoms with van der Waals surface area (Å²) in [7, 11) is 14.1. The lowest BCUT2D eigenvalue weighted by Crippen LogP contribution is -2.45. The Morgan fingerprint density at radius 2 is 1.76 bits per heavy atom. The van der Waals surface area contributed by atoms with E-state index < -0.39 is 41.8 Å². The van der Waals surface area contributed by atoms with E-state index in [1.165, 1.54) is 66.6 Å². The summed E-state index contributed by atoms with van der Waals surface area (Å²) in [6.07, 6.45) is 1.37. The molecule has 0 aliphatic carbocycles. The predicted molar refractivity (Wildman–Crippen MR) is 175 cm³/mol. The Labute approximate surface area is 266 Å². The molecule has 2 N–H and O–H groups in total. The molecule has 4 aromatic rings. The lowest BCUT2D eigenvalue weighted by Gasteiger charge is -2.41. The Morgan fingerprint density at radius 3 is 2.38 bits per heavy atom. The Balaban J connectivity index is 2.15. The van der Waals surface area contributed by atoms with Gasteiger partial charge in [0.25, 0.3) is 6.43 Å². The molecule has 45 heavy (non-hydrogen) atoms. The number of nitrogens with one attached hydrogen (secondary N) is 2. The SMILES string of the molecule is [B]C([B])(C)N(C=C)c1c(N(C)CC(F)F)cc(Nc2nccc3c(F)cc(F)cc23)c(C(NC=C)c2cc(F)ccc2Cl)c1C. The molecular formula is C32H29B2ClF5N5. The number of pyridine rings is 1. The van der Waals surface area contributed by atoms with E-state index in [-0.39, 0.29) is 33.0 Å². The highest BCUT2D eigenvalue weighted by Gasteiger charge is 2.31. The molecule has 0 spiro atoms.